The Morgan fingerprint density at radius 2 is 1.89 bits per heavy atom. The van der Waals surface area contributed by atoms with E-state index in [9.17, 15) is 8.42 Å². The van der Waals surface area contributed by atoms with E-state index in [-0.39, 0.29) is 11.4 Å². The fourth-order valence-electron chi connectivity index (χ4n) is 1.55. The summed E-state index contributed by atoms with van der Waals surface area (Å²) in [4.78, 5) is 0.921. The summed E-state index contributed by atoms with van der Waals surface area (Å²) >= 11 is 1.35. The van der Waals surface area contributed by atoms with Crippen molar-refractivity contribution in [2.24, 2.45) is 5.73 Å². The third-order valence-corrected chi connectivity index (χ3v) is 5.02. The van der Waals surface area contributed by atoms with Gasteiger partial charge in [0, 0.05) is 17.1 Å². The Morgan fingerprint density at radius 1 is 1.22 bits per heavy atom. The minimum Gasteiger partial charge on any atom is -0.326 e. The summed E-state index contributed by atoms with van der Waals surface area (Å²) in [5.41, 5.74) is 7.15. The highest BCUT2D eigenvalue weighted by Gasteiger charge is 2.18. The molecule has 0 saturated heterocycles. The summed E-state index contributed by atoms with van der Waals surface area (Å²) in [6, 6.07) is 8.76. The molecule has 0 fully saturated rings. The zero-order valence-electron chi connectivity index (χ0n) is 9.88. The molecule has 18 heavy (non-hydrogen) atoms. The van der Waals surface area contributed by atoms with Gasteiger partial charge in [-0.15, -0.1) is 11.3 Å². The number of rotatable bonds is 4. The van der Waals surface area contributed by atoms with Crippen LogP contribution in [-0.2, 0) is 16.6 Å². The van der Waals surface area contributed by atoms with Gasteiger partial charge >= 0.3 is 0 Å². The number of benzene rings is 1. The van der Waals surface area contributed by atoms with Crippen LogP contribution in [0.1, 0.15) is 10.4 Å². The zero-order chi connectivity index (χ0) is 13.2. The van der Waals surface area contributed by atoms with Gasteiger partial charge in [0.1, 0.15) is 4.90 Å². The molecule has 2 aromatic rings. The van der Waals surface area contributed by atoms with E-state index < -0.39 is 10.0 Å². The zero-order valence-corrected chi connectivity index (χ0v) is 11.5. The summed E-state index contributed by atoms with van der Waals surface area (Å²) in [6.07, 6.45) is 0. The van der Waals surface area contributed by atoms with Crippen LogP contribution < -0.4 is 10.5 Å². The lowest BCUT2D eigenvalue weighted by Crippen LogP contribution is -2.14. The Labute approximate surface area is 111 Å². The summed E-state index contributed by atoms with van der Waals surface area (Å²) in [5, 5.41) is 1.73. The second kappa shape index (κ2) is 5.09. The number of sulfonamides is 1. The van der Waals surface area contributed by atoms with Crippen LogP contribution >= 0.6 is 11.3 Å². The predicted octanol–water partition coefficient (Wildman–Crippen LogP) is 2.32. The molecule has 0 aliphatic heterocycles. The van der Waals surface area contributed by atoms with Gasteiger partial charge in [0.15, 0.2) is 0 Å². The number of thiophene rings is 1. The maximum absolute atomic E-state index is 12.2. The van der Waals surface area contributed by atoms with Gasteiger partial charge in [-0.25, -0.2) is 8.42 Å². The van der Waals surface area contributed by atoms with Gasteiger partial charge in [0.2, 0.25) is 0 Å². The second-order valence-electron chi connectivity index (χ2n) is 3.88. The Morgan fingerprint density at radius 3 is 2.50 bits per heavy atom. The molecule has 0 unspecified atom stereocenters. The molecule has 1 aromatic carbocycles. The molecule has 0 bridgehead atoms. The monoisotopic (exact) mass is 282 g/mol. The largest absolute Gasteiger partial charge is 0.326 e. The quantitative estimate of drug-likeness (QED) is 0.904. The summed E-state index contributed by atoms with van der Waals surface area (Å²) in [5.74, 6) is 0. The maximum Gasteiger partial charge on any atom is 0.263 e. The minimum absolute atomic E-state index is 0.224. The molecule has 6 heteroatoms. The molecule has 0 atom stereocenters. The van der Waals surface area contributed by atoms with E-state index in [1.807, 2.05) is 19.1 Å². The van der Waals surface area contributed by atoms with E-state index in [0.29, 0.717) is 10.6 Å². The molecule has 0 saturated carbocycles. The molecule has 2 rings (SSSR count). The molecular weight excluding hydrogens is 268 g/mol. The second-order valence-corrected chi connectivity index (χ2v) is 6.54. The Bertz CT molecular complexity index is 630. The summed E-state index contributed by atoms with van der Waals surface area (Å²) < 4.78 is 26.9. The Balaban J connectivity index is 2.30. The predicted molar refractivity (Wildman–Crippen MR) is 74.2 cm³/mol. The van der Waals surface area contributed by atoms with Gasteiger partial charge in [-0.3, -0.25) is 4.72 Å². The van der Waals surface area contributed by atoms with Crippen LogP contribution in [0.25, 0.3) is 0 Å². The SMILES string of the molecule is Cc1ccc(NS(=O)(=O)c2ccsc2CN)cc1. The smallest absolute Gasteiger partial charge is 0.263 e. The van der Waals surface area contributed by atoms with Crippen LogP contribution in [0.4, 0.5) is 5.69 Å². The fourth-order valence-corrected chi connectivity index (χ4v) is 3.94. The fraction of sp³-hybridized carbons (Fsp3) is 0.167. The first kappa shape index (κ1) is 13.1. The van der Waals surface area contributed by atoms with E-state index in [0.717, 1.165) is 5.56 Å². The summed E-state index contributed by atoms with van der Waals surface area (Å²) in [7, 11) is -3.55. The first-order valence-electron chi connectivity index (χ1n) is 5.39. The highest BCUT2D eigenvalue weighted by Crippen LogP contribution is 2.23. The standard InChI is InChI=1S/C12H14N2O2S2/c1-9-2-4-10(5-3-9)14-18(15,16)12-6-7-17-11(12)8-13/h2-7,14H,8,13H2,1H3. The third-order valence-electron chi connectivity index (χ3n) is 2.48. The van der Waals surface area contributed by atoms with Crippen molar-refractivity contribution in [1.29, 1.82) is 0 Å². The normalized spacial score (nSPS) is 11.4. The molecular formula is C12H14N2O2S2. The molecule has 0 amide bonds. The molecule has 0 spiro atoms. The summed E-state index contributed by atoms with van der Waals surface area (Å²) in [6.45, 7) is 2.17. The lowest BCUT2D eigenvalue weighted by Gasteiger charge is -2.08. The lowest BCUT2D eigenvalue weighted by atomic mass is 10.2. The van der Waals surface area contributed by atoms with Crippen LogP contribution in [0, 0.1) is 6.92 Å². The number of nitrogens with one attached hydrogen (secondary N) is 1. The molecule has 0 aliphatic carbocycles. The van der Waals surface area contributed by atoms with Crippen molar-refractivity contribution in [2.45, 2.75) is 18.4 Å². The van der Waals surface area contributed by atoms with Crippen molar-refractivity contribution >= 4 is 27.0 Å². The van der Waals surface area contributed by atoms with Gasteiger partial charge in [0.05, 0.1) is 0 Å². The van der Waals surface area contributed by atoms with Crippen LogP contribution in [-0.4, -0.2) is 8.42 Å². The van der Waals surface area contributed by atoms with Crippen molar-refractivity contribution < 1.29 is 8.42 Å². The van der Waals surface area contributed by atoms with Crippen LogP contribution in [0.3, 0.4) is 0 Å². The first-order chi connectivity index (χ1) is 8.53. The van der Waals surface area contributed by atoms with E-state index in [4.69, 9.17) is 5.73 Å². The number of nitrogens with two attached hydrogens (primary N) is 1. The number of hydrogen-bond donors (Lipinski definition) is 2. The average Bonchev–Trinajstić information content (AvgIpc) is 2.81. The van der Waals surface area contributed by atoms with Crippen LogP contribution in [0.5, 0.6) is 0 Å². The van der Waals surface area contributed by atoms with Gasteiger partial charge in [-0.2, -0.15) is 0 Å². The van der Waals surface area contributed by atoms with Gasteiger partial charge in [-0.1, -0.05) is 17.7 Å². The number of aryl methyl sites for hydroxylation is 1. The van der Waals surface area contributed by atoms with Crippen molar-refractivity contribution in [3.63, 3.8) is 0 Å². The topological polar surface area (TPSA) is 72.2 Å². The molecule has 1 heterocycles. The van der Waals surface area contributed by atoms with Crippen LogP contribution in [0.2, 0.25) is 0 Å². The van der Waals surface area contributed by atoms with Gasteiger partial charge < -0.3 is 5.73 Å². The molecule has 1 aromatic heterocycles. The van der Waals surface area contributed by atoms with E-state index in [2.05, 4.69) is 4.72 Å². The lowest BCUT2D eigenvalue weighted by molar-refractivity contribution is 0.600. The molecule has 0 aliphatic rings. The highest BCUT2D eigenvalue weighted by molar-refractivity contribution is 7.93. The molecule has 4 nitrogen and oxygen atoms in total. The number of anilines is 1. The first-order valence-corrected chi connectivity index (χ1v) is 7.75. The maximum atomic E-state index is 12.2. The Kier molecular flexibility index (Phi) is 3.70. The molecule has 3 N–H and O–H groups in total. The van der Waals surface area contributed by atoms with Crippen LogP contribution in [0.15, 0.2) is 40.6 Å². The van der Waals surface area contributed by atoms with Crippen molar-refractivity contribution in [2.75, 3.05) is 4.72 Å². The highest BCUT2D eigenvalue weighted by atomic mass is 32.2. The van der Waals surface area contributed by atoms with E-state index in [1.165, 1.54) is 11.3 Å². The average molecular weight is 282 g/mol. The molecule has 0 radical (unpaired) electrons. The van der Waals surface area contributed by atoms with E-state index in [1.54, 1.807) is 23.6 Å². The Hall–Kier alpha value is -1.37. The van der Waals surface area contributed by atoms with Gasteiger partial charge in [-0.05, 0) is 30.5 Å². The minimum atomic E-state index is -3.55. The third kappa shape index (κ3) is 2.72. The van der Waals surface area contributed by atoms with Crippen molar-refractivity contribution in [3.8, 4) is 0 Å². The molecule has 96 valence electrons. The van der Waals surface area contributed by atoms with Crippen molar-refractivity contribution in [3.05, 3.63) is 46.2 Å². The van der Waals surface area contributed by atoms with E-state index >= 15 is 0 Å². The number of hydrogen-bond acceptors (Lipinski definition) is 4. The van der Waals surface area contributed by atoms with Gasteiger partial charge in [0.25, 0.3) is 10.0 Å². The van der Waals surface area contributed by atoms with Crippen molar-refractivity contribution in [1.82, 2.24) is 0 Å².